The van der Waals surface area contributed by atoms with Gasteiger partial charge in [0.15, 0.2) is 5.71 Å². The molecule has 3 amide bonds. The lowest BCUT2D eigenvalue weighted by Crippen LogP contribution is -2.34. The molecular formula is C16H14N4O6. The van der Waals surface area contributed by atoms with Gasteiger partial charge < -0.3 is 15.5 Å². The molecule has 10 heteroatoms. The Morgan fingerprint density at radius 1 is 1.27 bits per heavy atom. The number of β-amino-alcohol motifs (C(OH)–C–C–N with tert-alkyl or cyclic N) is 1. The molecule has 3 rings (SSSR count). The molecule has 3 N–H and O–H groups in total. The van der Waals surface area contributed by atoms with Crippen LogP contribution in [0.5, 0.6) is 0 Å². The van der Waals surface area contributed by atoms with E-state index in [-0.39, 0.29) is 31.0 Å². The molecule has 2 aliphatic rings. The normalized spacial score (nSPS) is 16.9. The number of aliphatic hydroxyl groups excluding tert-OH is 1. The summed E-state index contributed by atoms with van der Waals surface area (Å²) in [6.07, 6.45) is 0.813. The molecule has 2 aliphatic heterocycles. The molecule has 0 atom stereocenters. The highest BCUT2D eigenvalue weighted by Gasteiger charge is 2.31. The highest BCUT2D eigenvalue weighted by Crippen LogP contribution is 2.25. The van der Waals surface area contributed by atoms with Gasteiger partial charge in [0, 0.05) is 11.8 Å². The van der Waals surface area contributed by atoms with Crippen LogP contribution in [0.25, 0.3) is 0 Å². The molecule has 0 unspecified atom stereocenters. The molecule has 0 aliphatic carbocycles. The maximum atomic E-state index is 12.1. The predicted octanol–water partition coefficient (Wildman–Crippen LogP) is -0.479. The Bertz CT molecular complexity index is 875. The summed E-state index contributed by atoms with van der Waals surface area (Å²) in [6, 6.07) is 6.26. The second kappa shape index (κ2) is 6.76. The number of hydrogen-bond donors (Lipinski definition) is 3. The smallest absolute Gasteiger partial charge is 0.352 e. The number of nitrogens with zero attached hydrogens (tertiary/aromatic N) is 3. The lowest BCUT2D eigenvalue weighted by atomic mass is 10.2. The molecule has 2 heterocycles. The number of carboxylic acid groups (broad SMARTS) is 1. The standard InChI is InChI=1S/C16H14N4O6/c21-5-4-19-13(22)7-11(15(19)24)17-9-2-1-3-10(6-9)20-14(23)8-12(18-20)16(25)26/h1-3,6-7,17,21H,4-5,8H2,(H,25,26). The van der Waals surface area contributed by atoms with Gasteiger partial charge in [-0.3, -0.25) is 19.3 Å². The minimum Gasteiger partial charge on any atom is -0.477 e. The summed E-state index contributed by atoms with van der Waals surface area (Å²) in [6.45, 7) is -0.441. The predicted molar refractivity (Wildman–Crippen MR) is 89.1 cm³/mol. The molecule has 0 fully saturated rings. The van der Waals surface area contributed by atoms with Crippen LogP contribution in [0.2, 0.25) is 0 Å². The lowest BCUT2D eigenvalue weighted by molar-refractivity contribution is -0.137. The SMILES string of the molecule is O=C(O)C1=NN(c2cccc(NC3=CC(=O)N(CCO)C3=O)c2)C(=O)C1. The van der Waals surface area contributed by atoms with Gasteiger partial charge in [-0.25, -0.2) is 4.79 Å². The van der Waals surface area contributed by atoms with Gasteiger partial charge in [-0.05, 0) is 18.2 Å². The van der Waals surface area contributed by atoms with Gasteiger partial charge in [-0.1, -0.05) is 6.07 Å². The van der Waals surface area contributed by atoms with Crippen molar-refractivity contribution in [2.75, 3.05) is 23.5 Å². The third-order valence-electron chi connectivity index (χ3n) is 3.73. The van der Waals surface area contributed by atoms with Crippen LogP contribution in [-0.2, 0) is 19.2 Å². The Balaban J connectivity index is 1.80. The highest BCUT2D eigenvalue weighted by atomic mass is 16.4. The number of imide groups is 1. The van der Waals surface area contributed by atoms with Crippen molar-refractivity contribution < 1.29 is 29.4 Å². The van der Waals surface area contributed by atoms with E-state index in [1.807, 2.05) is 0 Å². The number of nitrogens with one attached hydrogen (secondary N) is 1. The molecule has 0 radical (unpaired) electrons. The Labute approximate surface area is 147 Å². The van der Waals surface area contributed by atoms with E-state index < -0.39 is 23.7 Å². The van der Waals surface area contributed by atoms with Gasteiger partial charge in [0.2, 0.25) is 0 Å². The quantitative estimate of drug-likeness (QED) is 0.584. The molecule has 0 aromatic heterocycles. The number of hydrazone groups is 1. The maximum Gasteiger partial charge on any atom is 0.352 e. The fourth-order valence-corrected chi connectivity index (χ4v) is 2.53. The van der Waals surface area contributed by atoms with Gasteiger partial charge in [-0.2, -0.15) is 10.1 Å². The summed E-state index contributed by atoms with van der Waals surface area (Å²) in [7, 11) is 0. The molecule has 10 nitrogen and oxygen atoms in total. The fraction of sp³-hybridized carbons (Fsp3) is 0.188. The first kappa shape index (κ1) is 17.3. The number of amides is 3. The van der Waals surface area contributed by atoms with Crippen LogP contribution in [-0.4, -0.2) is 57.7 Å². The van der Waals surface area contributed by atoms with E-state index in [0.717, 1.165) is 16.0 Å². The van der Waals surface area contributed by atoms with Crippen LogP contribution >= 0.6 is 0 Å². The topological polar surface area (TPSA) is 140 Å². The molecular weight excluding hydrogens is 344 g/mol. The third-order valence-corrected chi connectivity index (χ3v) is 3.73. The van der Waals surface area contributed by atoms with Crippen molar-refractivity contribution in [1.29, 1.82) is 0 Å². The molecule has 134 valence electrons. The van der Waals surface area contributed by atoms with Crippen LogP contribution in [0.3, 0.4) is 0 Å². The van der Waals surface area contributed by atoms with Crippen molar-refractivity contribution in [3.8, 4) is 0 Å². The van der Waals surface area contributed by atoms with E-state index in [1.165, 1.54) is 6.07 Å². The second-order valence-corrected chi connectivity index (χ2v) is 5.49. The maximum absolute atomic E-state index is 12.1. The monoisotopic (exact) mass is 358 g/mol. The van der Waals surface area contributed by atoms with Crippen LogP contribution in [0.15, 0.2) is 41.1 Å². The minimum absolute atomic E-state index is 0.0306. The van der Waals surface area contributed by atoms with Gasteiger partial charge in [0.25, 0.3) is 17.7 Å². The van der Waals surface area contributed by atoms with Gasteiger partial charge in [0.1, 0.15) is 5.70 Å². The average molecular weight is 358 g/mol. The number of hydrogen-bond acceptors (Lipinski definition) is 7. The lowest BCUT2D eigenvalue weighted by Gasteiger charge is -2.15. The van der Waals surface area contributed by atoms with Crippen molar-refractivity contribution >= 4 is 40.8 Å². The molecule has 0 spiro atoms. The van der Waals surface area contributed by atoms with Gasteiger partial charge in [-0.15, -0.1) is 0 Å². The largest absolute Gasteiger partial charge is 0.477 e. The number of anilines is 2. The van der Waals surface area contributed by atoms with Crippen molar-refractivity contribution in [3.63, 3.8) is 0 Å². The first-order valence-corrected chi connectivity index (χ1v) is 7.60. The Morgan fingerprint density at radius 3 is 2.69 bits per heavy atom. The number of carbonyl (C=O) groups is 4. The summed E-state index contributed by atoms with van der Waals surface area (Å²) < 4.78 is 0. The Morgan fingerprint density at radius 2 is 2.04 bits per heavy atom. The zero-order valence-corrected chi connectivity index (χ0v) is 13.4. The van der Waals surface area contributed by atoms with Crippen LogP contribution in [0.1, 0.15) is 6.42 Å². The second-order valence-electron chi connectivity index (χ2n) is 5.49. The summed E-state index contributed by atoms with van der Waals surface area (Å²) in [5.74, 6) is -2.86. The zero-order valence-electron chi connectivity index (χ0n) is 13.4. The summed E-state index contributed by atoms with van der Waals surface area (Å²) in [5.41, 5.74) is 0.503. The van der Waals surface area contributed by atoms with Crippen molar-refractivity contribution in [1.82, 2.24) is 4.90 Å². The van der Waals surface area contributed by atoms with E-state index >= 15 is 0 Å². The number of rotatable bonds is 6. The number of carbonyl (C=O) groups excluding carboxylic acids is 3. The molecule has 1 aromatic carbocycles. The molecule has 26 heavy (non-hydrogen) atoms. The molecule has 1 aromatic rings. The van der Waals surface area contributed by atoms with Crippen molar-refractivity contribution in [3.05, 3.63) is 36.0 Å². The van der Waals surface area contributed by atoms with Crippen LogP contribution < -0.4 is 10.3 Å². The van der Waals surface area contributed by atoms with Crippen LogP contribution in [0, 0.1) is 0 Å². The Hall–Kier alpha value is -3.53. The number of benzene rings is 1. The zero-order chi connectivity index (χ0) is 18.8. The molecule has 0 saturated carbocycles. The highest BCUT2D eigenvalue weighted by molar-refractivity contribution is 6.42. The number of aliphatic hydroxyl groups is 1. The van der Waals surface area contributed by atoms with E-state index in [9.17, 15) is 19.2 Å². The van der Waals surface area contributed by atoms with E-state index in [1.54, 1.807) is 18.2 Å². The molecule has 0 saturated heterocycles. The first-order chi connectivity index (χ1) is 12.4. The Kier molecular flexibility index (Phi) is 4.50. The van der Waals surface area contributed by atoms with Gasteiger partial charge in [0.05, 0.1) is 25.3 Å². The first-order valence-electron chi connectivity index (χ1n) is 7.60. The van der Waals surface area contributed by atoms with Gasteiger partial charge >= 0.3 is 5.97 Å². The van der Waals surface area contributed by atoms with Crippen molar-refractivity contribution in [2.45, 2.75) is 6.42 Å². The summed E-state index contributed by atoms with van der Waals surface area (Å²) in [4.78, 5) is 47.7. The van der Waals surface area contributed by atoms with E-state index in [2.05, 4.69) is 10.4 Å². The fourth-order valence-electron chi connectivity index (χ4n) is 2.53. The molecule has 0 bridgehead atoms. The summed E-state index contributed by atoms with van der Waals surface area (Å²) >= 11 is 0. The van der Waals surface area contributed by atoms with Crippen LogP contribution in [0.4, 0.5) is 11.4 Å². The summed E-state index contributed by atoms with van der Waals surface area (Å²) in [5, 5.41) is 25.4. The van der Waals surface area contributed by atoms with Crippen molar-refractivity contribution in [2.24, 2.45) is 5.10 Å². The third kappa shape index (κ3) is 3.17. The average Bonchev–Trinajstić information content (AvgIpc) is 3.11. The minimum atomic E-state index is -1.26. The number of aliphatic carboxylic acids is 1. The number of carboxylic acids is 1. The van der Waals surface area contributed by atoms with E-state index in [0.29, 0.717) is 11.4 Å². The van der Waals surface area contributed by atoms with E-state index in [4.69, 9.17) is 10.2 Å².